The summed E-state index contributed by atoms with van der Waals surface area (Å²) in [5.74, 6) is 0.532. The third kappa shape index (κ3) is 3.62. The number of benzene rings is 1. The van der Waals surface area contributed by atoms with Gasteiger partial charge in [-0.3, -0.25) is 0 Å². The number of nitriles is 1. The van der Waals surface area contributed by atoms with Crippen LogP contribution in [0.5, 0.6) is 5.75 Å². The molecule has 0 radical (unpaired) electrons. The summed E-state index contributed by atoms with van der Waals surface area (Å²) in [6.07, 6.45) is 6.77. The molecule has 0 bridgehead atoms. The fourth-order valence-corrected chi connectivity index (χ4v) is 2.74. The molecule has 2 N–H and O–H groups in total. The molecule has 0 aliphatic heterocycles. The molecule has 0 atom stereocenters. The highest BCUT2D eigenvalue weighted by atomic mass is 35.5. The van der Waals surface area contributed by atoms with Gasteiger partial charge in [-0.25, -0.2) is 0 Å². The molecule has 3 nitrogen and oxygen atoms in total. The normalized spacial score (nSPS) is 18.4. The number of hydrogen-bond acceptors (Lipinski definition) is 3. The first-order chi connectivity index (χ1) is 9.14. The zero-order valence-electron chi connectivity index (χ0n) is 11.0. The fraction of sp³-hybridized carbons (Fsp3) is 0.533. The van der Waals surface area contributed by atoms with Crippen molar-refractivity contribution in [2.45, 2.75) is 44.1 Å². The summed E-state index contributed by atoms with van der Waals surface area (Å²) >= 11 is 5.98. The van der Waals surface area contributed by atoms with Crippen molar-refractivity contribution >= 4 is 11.6 Å². The first-order valence-corrected chi connectivity index (χ1v) is 7.13. The first-order valence-electron chi connectivity index (χ1n) is 6.75. The highest BCUT2D eigenvalue weighted by Crippen LogP contribution is 2.29. The van der Waals surface area contributed by atoms with Crippen LogP contribution in [0.2, 0.25) is 5.02 Å². The molecule has 102 valence electrons. The summed E-state index contributed by atoms with van der Waals surface area (Å²) in [5, 5.41) is 9.52. The number of nitrogens with zero attached hydrogens (tertiary/aromatic N) is 1. The van der Waals surface area contributed by atoms with Gasteiger partial charge in [0.1, 0.15) is 24.0 Å². The van der Waals surface area contributed by atoms with Crippen LogP contribution in [0.3, 0.4) is 0 Å². The zero-order valence-corrected chi connectivity index (χ0v) is 11.7. The lowest BCUT2D eigenvalue weighted by Gasteiger charge is -2.28. The third-order valence-corrected chi connectivity index (χ3v) is 4.02. The summed E-state index contributed by atoms with van der Waals surface area (Å²) in [5.41, 5.74) is 6.51. The molecule has 0 amide bonds. The van der Waals surface area contributed by atoms with E-state index in [1.165, 1.54) is 12.8 Å². The Kier molecular flexibility index (Phi) is 4.68. The molecule has 1 aliphatic carbocycles. The highest BCUT2D eigenvalue weighted by molar-refractivity contribution is 6.31. The first kappa shape index (κ1) is 14.2. The van der Waals surface area contributed by atoms with Crippen LogP contribution in [0.25, 0.3) is 0 Å². The maximum atomic E-state index is 9.10. The Morgan fingerprint density at radius 1 is 1.26 bits per heavy atom. The SMILES string of the molecule is N#Cc1c(Cl)cccc1OCC1(N)CCCCCC1. The fourth-order valence-electron chi connectivity index (χ4n) is 2.53. The van der Waals surface area contributed by atoms with E-state index in [2.05, 4.69) is 6.07 Å². The van der Waals surface area contributed by atoms with Crippen LogP contribution in [0.4, 0.5) is 0 Å². The topological polar surface area (TPSA) is 59.0 Å². The standard InChI is InChI=1S/C15H19ClN2O/c16-13-6-5-7-14(12(13)10-17)19-11-15(18)8-3-1-2-4-9-15/h5-7H,1-4,8-9,11,18H2. The molecule has 0 spiro atoms. The molecule has 2 rings (SSSR count). The Morgan fingerprint density at radius 2 is 1.95 bits per heavy atom. The quantitative estimate of drug-likeness (QED) is 0.859. The van der Waals surface area contributed by atoms with E-state index in [9.17, 15) is 0 Å². The van der Waals surface area contributed by atoms with Gasteiger partial charge in [-0.15, -0.1) is 0 Å². The molecule has 0 unspecified atom stereocenters. The minimum Gasteiger partial charge on any atom is -0.490 e. The summed E-state index contributed by atoms with van der Waals surface area (Å²) in [6.45, 7) is 0.446. The van der Waals surface area contributed by atoms with Gasteiger partial charge in [-0.1, -0.05) is 43.4 Å². The monoisotopic (exact) mass is 278 g/mol. The van der Waals surface area contributed by atoms with Gasteiger partial charge >= 0.3 is 0 Å². The second-order valence-electron chi connectivity index (χ2n) is 5.29. The van der Waals surface area contributed by atoms with Crippen molar-refractivity contribution in [3.8, 4) is 11.8 Å². The number of rotatable bonds is 3. The van der Waals surface area contributed by atoms with E-state index in [0.717, 1.165) is 25.7 Å². The second kappa shape index (κ2) is 6.27. The van der Waals surface area contributed by atoms with Crippen molar-refractivity contribution in [3.05, 3.63) is 28.8 Å². The summed E-state index contributed by atoms with van der Waals surface area (Å²) < 4.78 is 5.77. The smallest absolute Gasteiger partial charge is 0.138 e. The van der Waals surface area contributed by atoms with Crippen LogP contribution in [0, 0.1) is 11.3 Å². The summed E-state index contributed by atoms with van der Waals surface area (Å²) in [6, 6.07) is 7.32. The Bertz CT molecular complexity index is 474. The molecule has 1 fully saturated rings. The predicted octanol–water partition coefficient (Wildman–Crippen LogP) is 3.64. The molecule has 0 heterocycles. The van der Waals surface area contributed by atoms with E-state index in [0.29, 0.717) is 22.9 Å². The number of nitrogens with two attached hydrogens (primary N) is 1. The lowest BCUT2D eigenvalue weighted by molar-refractivity contribution is 0.199. The molecule has 0 saturated heterocycles. The van der Waals surface area contributed by atoms with Crippen LogP contribution in [-0.4, -0.2) is 12.1 Å². The van der Waals surface area contributed by atoms with Gasteiger partial charge in [-0.2, -0.15) is 5.26 Å². The summed E-state index contributed by atoms with van der Waals surface area (Å²) in [4.78, 5) is 0. The lowest BCUT2D eigenvalue weighted by Crippen LogP contribution is -2.45. The molecule has 1 aromatic rings. The van der Waals surface area contributed by atoms with Crippen molar-refractivity contribution in [1.29, 1.82) is 5.26 Å². The minimum atomic E-state index is -0.272. The van der Waals surface area contributed by atoms with E-state index >= 15 is 0 Å². The van der Waals surface area contributed by atoms with Gasteiger partial charge in [0.25, 0.3) is 0 Å². The lowest BCUT2D eigenvalue weighted by atomic mass is 9.92. The highest BCUT2D eigenvalue weighted by Gasteiger charge is 2.27. The van der Waals surface area contributed by atoms with Gasteiger partial charge in [-0.05, 0) is 25.0 Å². The molecule has 1 aliphatic rings. The molecule has 4 heteroatoms. The molecular weight excluding hydrogens is 260 g/mol. The van der Waals surface area contributed by atoms with E-state index in [1.54, 1.807) is 18.2 Å². The molecule has 0 aromatic heterocycles. The average molecular weight is 279 g/mol. The van der Waals surface area contributed by atoms with E-state index in [4.69, 9.17) is 27.3 Å². The Balaban J connectivity index is 2.06. The Labute approximate surface area is 119 Å². The van der Waals surface area contributed by atoms with Crippen molar-refractivity contribution in [2.75, 3.05) is 6.61 Å². The summed E-state index contributed by atoms with van der Waals surface area (Å²) in [7, 11) is 0. The molecule has 1 saturated carbocycles. The average Bonchev–Trinajstić information content (AvgIpc) is 2.62. The Hall–Kier alpha value is -1.24. The maximum absolute atomic E-state index is 9.10. The minimum absolute atomic E-state index is 0.272. The van der Waals surface area contributed by atoms with Crippen LogP contribution in [0.1, 0.15) is 44.1 Å². The number of ether oxygens (including phenoxy) is 1. The molecular formula is C15H19ClN2O. The number of halogens is 1. The van der Waals surface area contributed by atoms with Crippen LogP contribution < -0.4 is 10.5 Å². The Morgan fingerprint density at radius 3 is 2.58 bits per heavy atom. The largest absolute Gasteiger partial charge is 0.490 e. The van der Waals surface area contributed by atoms with Crippen molar-refractivity contribution < 1.29 is 4.74 Å². The maximum Gasteiger partial charge on any atom is 0.138 e. The third-order valence-electron chi connectivity index (χ3n) is 3.70. The van der Waals surface area contributed by atoms with E-state index in [1.807, 2.05) is 0 Å². The number of hydrogen-bond donors (Lipinski definition) is 1. The predicted molar refractivity (Wildman–Crippen MR) is 76.3 cm³/mol. The van der Waals surface area contributed by atoms with E-state index < -0.39 is 0 Å². The van der Waals surface area contributed by atoms with Crippen molar-refractivity contribution in [3.63, 3.8) is 0 Å². The van der Waals surface area contributed by atoms with Gasteiger partial charge in [0.15, 0.2) is 0 Å². The van der Waals surface area contributed by atoms with Crippen molar-refractivity contribution in [2.24, 2.45) is 5.73 Å². The van der Waals surface area contributed by atoms with Gasteiger partial charge in [0.05, 0.1) is 10.6 Å². The molecule has 1 aromatic carbocycles. The van der Waals surface area contributed by atoms with Crippen molar-refractivity contribution in [1.82, 2.24) is 0 Å². The van der Waals surface area contributed by atoms with Gasteiger partial charge < -0.3 is 10.5 Å². The van der Waals surface area contributed by atoms with Gasteiger partial charge in [0.2, 0.25) is 0 Å². The zero-order chi connectivity index (χ0) is 13.7. The van der Waals surface area contributed by atoms with Crippen LogP contribution >= 0.6 is 11.6 Å². The second-order valence-corrected chi connectivity index (χ2v) is 5.70. The van der Waals surface area contributed by atoms with Crippen LogP contribution in [0.15, 0.2) is 18.2 Å². The van der Waals surface area contributed by atoms with Crippen LogP contribution in [-0.2, 0) is 0 Å². The van der Waals surface area contributed by atoms with Gasteiger partial charge in [0, 0.05) is 0 Å². The molecule has 19 heavy (non-hydrogen) atoms. The van der Waals surface area contributed by atoms with E-state index in [-0.39, 0.29) is 5.54 Å².